The molecule has 0 radical (unpaired) electrons. The summed E-state index contributed by atoms with van der Waals surface area (Å²) < 4.78 is 65.3. The number of piperazine rings is 1. The molecular formula is C14H17ClF5N3O. The van der Waals surface area contributed by atoms with Crippen molar-refractivity contribution in [3.8, 4) is 0 Å². The Balaban J connectivity index is 0.00000288. The van der Waals surface area contributed by atoms with Crippen LogP contribution in [0.15, 0.2) is 18.2 Å². The second-order valence-corrected chi connectivity index (χ2v) is 5.18. The summed E-state index contributed by atoms with van der Waals surface area (Å²) in [6.45, 7) is 0.644. The van der Waals surface area contributed by atoms with Gasteiger partial charge in [0.2, 0.25) is 0 Å². The van der Waals surface area contributed by atoms with Crippen molar-refractivity contribution in [3.05, 3.63) is 35.4 Å². The van der Waals surface area contributed by atoms with E-state index in [0.717, 1.165) is 12.1 Å². The van der Waals surface area contributed by atoms with E-state index in [1.165, 1.54) is 4.90 Å². The van der Waals surface area contributed by atoms with Crippen molar-refractivity contribution < 1.29 is 26.7 Å². The molecule has 0 aliphatic carbocycles. The first-order valence-corrected chi connectivity index (χ1v) is 7.04. The maximum atomic E-state index is 13.2. The molecule has 136 valence electrons. The number of nitrogens with zero attached hydrogens (tertiary/aromatic N) is 1. The molecule has 24 heavy (non-hydrogen) atoms. The molecule has 0 bridgehead atoms. The molecule has 1 unspecified atom stereocenters. The molecule has 2 N–H and O–H groups in total. The molecule has 1 fully saturated rings. The van der Waals surface area contributed by atoms with Crippen LogP contribution in [0.2, 0.25) is 0 Å². The predicted octanol–water partition coefficient (Wildman–Crippen LogP) is 1.95. The van der Waals surface area contributed by atoms with Gasteiger partial charge in [-0.1, -0.05) is 0 Å². The largest absolute Gasteiger partial charge is 0.405 e. The fourth-order valence-electron chi connectivity index (χ4n) is 2.37. The summed E-state index contributed by atoms with van der Waals surface area (Å²) in [6, 6.07) is 0.597. The Morgan fingerprint density at radius 1 is 1.21 bits per heavy atom. The van der Waals surface area contributed by atoms with Gasteiger partial charge in [0.25, 0.3) is 5.91 Å². The highest BCUT2D eigenvalue weighted by Crippen LogP contribution is 2.24. The van der Waals surface area contributed by atoms with Gasteiger partial charge in [0, 0.05) is 38.3 Å². The van der Waals surface area contributed by atoms with Crippen molar-refractivity contribution in [1.29, 1.82) is 0 Å². The molecular weight excluding hydrogens is 357 g/mol. The number of carbonyl (C=O) groups is 1. The van der Waals surface area contributed by atoms with Crippen LogP contribution in [0.5, 0.6) is 0 Å². The van der Waals surface area contributed by atoms with Crippen molar-refractivity contribution in [2.24, 2.45) is 0 Å². The third-order valence-electron chi connectivity index (χ3n) is 3.61. The van der Waals surface area contributed by atoms with Crippen LogP contribution >= 0.6 is 12.4 Å². The van der Waals surface area contributed by atoms with Crippen LogP contribution in [0.3, 0.4) is 0 Å². The number of benzene rings is 1. The second kappa shape index (κ2) is 8.59. The van der Waals surface area contributed by atoms with Gasteiger partial charge < -0.3 is 10.6 Å². The lowest BCUT2D eigenvalue weighted by molar-refractivity contribution is -0.183. The minimum absolute atomic E-state index is 0. The Hall–Kier alpha value is -1.45. The quantitative estimate of drug-likeness (QED) is 0.793. The number of amides is 1. The molecule has 1 aromatic rings. The Morgan fingerprint density at radius 2 is 1.83 bits per heavy atom. The van der Waals surface area contributed by atoms with Crippen LogP contribution in [0.4, 0.5) is 22.0 Å². The predicted molar refractivity (Wildman–Crippen MR) is 80.2 cm³/mol. The number of hydrogen-bond acceptors (Lipinski definition) is 3. The zero-order chi connectivity index (χ0) is 17.0. The van der Waals surface area contributed by atoms with Crippen molar-refractivity contribution in [3.63, 3.8) is 0 Å². The molecule has 1 aromatic carbocycles. The average molecular weight is 374 g/mol. The summed E-state index contributed by atoms with van der Waals surface area (Å²) in [7, 11) is 0. The smallest absolute Gasteiger partial charge is 0.350 e. The molecule has 0 saturated carbocycles. The van der Waals surface area contributed by atoms with E-state index in [-0.39, 0.29) is 31.1 Å². The van der Waals surface area contributed by atoms with Crippen LogP contribution in [0.1, 0.15) is 10.4 Å². The van der Waals surface area contributed by atoms with Crippen molar-refractivity contribution >= 4 is 18.3 Å². The van der Waals surface area contributed by atoms with Gasteiger partial charge in [-0.15, -0.1) is 12.4 Å². The fraction of sp³-hybridized carbons (Fsp3) is 0.500. The normalized spacial score (nSPS) is 17.0. The van der Waals surface area contributed by atoms with Gasteiger partial charge in [-0.25, -0.2) is 8.78 Å². The average Bonchev–Trinajstić information content (AvgIpc) is 2.49. The highest BCUT2D eigenvalue weighted by Gasteiger charge is 2.43. The molecule has 1 amide bonds. The summed E-state index contributed by atoms with van der Waals surface area (Å²) in [5.74, 6) is -3.24. The van der Waals surface area contributed by atoms with Crippen LogP contribution in [-0.2, 0) is 0 Å². The summed E-state index contributed by atoms with van der Waals surface area (Å²) >= 11 is 0. The van der Waals surface area contributed by atoms with Crippen LogP contribution in [0.25, 0.3) is 0 Å². The Kier molecular flexibility index (Phi) is 7.37. The van der Waals surface area contributed by atoms with Gasteiger partial charge in [0.15, 0.2) is 11.6 Å². The summed E-state index contributed by atoms with van der Waals surface area (Å²) in [5.41, 5.74) is -0.231. The number of carbonyl (C=O) groups excluding carboxylic acids is 1. The maximum absolute atomic E-state index is 13.2. The number of rotatable bonds is 4. The summed E-state index contributed by atoms with van der Waals surface area (Å²) in [5, 5.41) is 5.09. The molecule has 2 rings (SSSR count). The SMILES string of the molecule is Cl.O=C(NCC(N1CCNCC1)C(F)(F)F)c1ccc(F)c(F)c1. The van der Waals surface area contributed by atoms with E-state index in [4.69, 9.17) is 0 Å². The van der Waals surface area contributed by atoms with E-state index in [0.29, 0.717) is 19.2 Å². The molecule has 1 atom stereocenters. The summed E-state index contributed by atoms with van der Waals surface area (Å²) in [6.07, 6.45) is -4.50. The fourth-order valence-corrected chi connectivity index (χ4v) is 2.37. The third-order valence-corrected chi connectivity index (χ3v) is 3.61. The Morgan fingerprint density at radius 3 is 2.38 bits per heavy atom. The minimum atomic E-state index is -4.50. The van der Waals surface area contributed by atoms with Crippen molar-refractivity contribution in [2.75, 3.05) is 32.7 Å². The minimum Gasteiger partial charge on any atom is -0.350 e. The van der Waals surface area contributed by atoms with Crippen molar-refractivity contribution in [1.82, 2.24) is 15.5 Å². The topological polar surface area (TPSA) is 44.4 Å². The van der Waals surface area contributed by atoms with Crippen LogP contribution in [-0.4, -0.2) is 55.7 Å². The highest BCUT2D eigenvalue weighted by atomic mass is 35.5. The lowest BCUT2D eigenvalue weighted by Gasteiger charge is -2.35. The number of nitrogens with one attached hydrogen (secondary N) is 2. The van der Waals surface area contributed by atoms with E-state index in [1.807, 2.05) is 0 Å². The molecule has 1 aliphatic heterocycles. The van der Waals surface area contributed by atoms with Gasteiger partial charge in [-0.3, -0.25) is 9.69 Å². The number of halogens is 6. The molecule has 1 saturated heterocycles. The van der Waals surface area contributed by atoms with Crippen molar-refractivity contribution in [2.45, 2.75) is 12.2 Å². The summed E-state index contributed by atoms with van der Waals surface area (Å²) in [4.78, 5) is 13.1. The molecule has 1 aliphatic rings. The lowest BCUT2D eigenvalue weighted by Crippen LogP contribution is -2.57. The molecule has 10 heteroatoms. The van der Waals surface area contributed by atoms with Gasteiger partial charge in [0.05, 0.1) is 0 Å². The monoisotopic (exact) mass is 373 g/mol. The Labute approximate surface area is 141 Å². The van der Waals surface area contributed by atoms with E-state index >= 15 is 0 Å². The highest BCUT2D eigenvalue weighted by molar-refractivity contribution is 5.94. The lowest BCUT2D eigenvalue weighted by atomic mass is 10.1. The third kappa shape index (κ3) is 5.29. The van der Waals surface area contributed by atoms with Gasteiger partial charge in [-0.05, 0) is 18.2 Å². The van der Waals surface area contributed by atoms with E-state index < -0.39 is 36.3 Å². The standard InChI is InChI=1S/C14H16F5N3O.ClH/c15-10-2-1-9(7-11(10)16)13(23)21-8-12(14(17,18)19)22-5-3-20-4-6-22;/h1-2,7,12,20H,3-6,8H2,(H,21,23);1H. The van der Waals surface area contributed by atoms with Gasteiger partial charge >= 0.3 is 6.18 Å². The first-order chi connectivity index (χ1) is 10.8. The maximum Gasteiger partial charge on any atom is 0.405 e. The Bertz CT molecular complexity index is 564. The van der Waals surface area contributed by atoms with Gasteiger partial charge in [0.1, 0.15) is 6.04 Å². The van der Waals surface area contributed by atoms with Crippen LogP contribution < -0.4 is 10.6 Å². The second-order valence-electron chi connectivity index (χ2n) is 5.18. The molecule has 1 heterocycles. The van der Waals surface area contributed by atoms with E-state index in [2.05, 4.69) is 10.6 Å². The zero-order valence-corrected chi connectivity index (χ0v) is 13.3. The van der Waals surface area contributed by atoms with Gasteiger partial charge in [-0.2, -0.15) is 13.2 Å². The molecule has 4 nitrogen and oxygen atoms in total. The van der Waals surface area contributed by atoms with Crippen LogP contribution in [0, 0.1) is 11.6 Å². The molecule has 0 aromatic heterocycles. The first kappa shape index (κ1) is 20.6. The first-order valence-electron chi connectivity index (χ1n) is 7.04. The van der Waals surface area contributed by atoms with E-state index in [9.17, 15) is 26.7 Å². The number of hydrogen-bond donors (Lipinski definition) is 2. The zero-order valence-electron chi connectivity index (χ0n) is 12.5. The van der Waals surface area contributed by atoms with E-state index in [1.54, 1.807) is 0 Å². The number of alkyl halides is 3. The molecule has 0 spiro atoms.